The van der Waals surface area contributed by atoms with Gasteiger partial charge in [0.25, 0.3) is 0 Å². The molecule has 0 bridgehead atoms. The summed E-state index contributed by atoms with van der Waals surface area (Å²) in [6.45, 7) is 0.456. The van der Waals surface area contributed by atoms with E-state index in [-0.39, 0.29) is 33.8 Å². The Morgan fingerprint density at radius 2 is 1.54 bits per heavy atom. The first-order valence-electron chi connectivity index (χ1n) is 13.7. The fourth-order valence-electron chi connectivity index (χ4n) is 4.73. The first kappa shape index (κ1) is 31.8. The lowest BCUT2D eigenvalue weighted by atomic mass is 9.99. The van der Waals surface area contributed by atoms with E-state index in [1.807, 2.05) is 0 Å². The number of rotatable bonds is 8. The number of phenols is 4. The van der Waals surface area contributed by atoms with E-state index >= 15 is 0 Å². The molecule has 14 heteroatoms. The van der Waals surface area contributed by atoms with Gasteiger partial charge in [-0.05, 0) is 48.0 Å². The van der Waals surface area contributed by atoms with Gasteiger partial charge in [-0.2, -0.15) is 0 Å². The highest BCUT2D eigenvalue weighted by Crippen LogP contribution is 2.37. The normalized spacial score (nSPS) is 21.2. The minimum absolute atomic E-state index is 0.0379. The number of benzene rings is 3. The van der Waals surface area contributed by atoms with Crippen molar-refractivity contribution in [3.05, 3.63) is 82.5 Å². The van der Waals surface area contributed by atoms with Crippen molar-refractivity contribution in [3.63, 3.8) is 0 Å². The number of fused-ring (bicyclic) bond motifs is 1. The SMILES string of the molecule is CC(=O)O[C@H]1C(O)C(O)[C@H](Oc2c(-c3ccc(O)cc3)oc3cc(O)cc(O)c3c2=O)O[C@@H]1COC(=O)/C=C/c1ccc(O)cc1. The Morgan fingerprint density at radius 3 is 2.20 bits per heavy atom. The van der Waals surface area contributed by atoms with E-state index in [1.54, 1.807) is 12.1 Å². The van der Waals surface area contributed by atoms with Gasteiger partial charge in [0.2, 0.25) is 17.5 Å². The molecule has 4 aromatic rings. The van der Waals surface area contributed by atoms with Crippen LogP contribution in [0.25, 0.3) is 28.4 Å². The van der Waals surface area contributed by atoms with Crippen molar-refractivity contribution >= 4 is 29.0 Å². The number of aliphatic hydroxyl groups is 2. The predicted octanol–water partition coefficient (Wildman–Crippen LogP) is 2.30. The van der Waals surface area contributed by atoms with Gasteiger partial charge in [-0.25, -0.2) is 4.79 Å². The number of ether oxygens (including phenoxy) is 4. The summed E-state index contributed by atoms with van der Waals surface area (Å²) in [4.78, 5) is 37.9. The first-order valence-corrected chi connectivity index (χ1v) is 13.7. The van der Waals surface area contributed by atoms with Crippen LogP contribution < -0.4 is 10.2 Å². The van der Waals surface area contributed by atoms with Crippen LogP contribution in [0.3, 0.4) is 0 Å². The monoisotopic (exact) mass is 636 g/mol. The molecule has 1 aromatic heterocycles. The second kappa shape index (κ2) is 13.2. The van der Waals surface area contributed by atoms with Crippen molar-refractivity contribution in [2.24, 2.45) is 0 Å². The molecule has 14 nitrogen and oxygen atoms in total. The fourth-order valence-corrected chi connectivity index (χ4v) is 4.73. The summed E-state index contributed by atoms with van der Waals surface area (Å²) in [6, 6.07) is 13.3. The quantitative estimate of drug-likeness (QED) is 0.121. The molecule has 1 aliphatic heterocycles. The number of aromatic hydroxyl groups is 4. The zero-order chi connectivity index (χ0) is 33.1. The van der Waals surface area contributed by atoms with E-state index in [9.17, 15) is 45.0 Å². The largest absolute Gasteiger partial charge is 0.508 e. The van der Waals surface area contributed by atoms with Crippen LogP contribution in [0, 0.1) is 0 Å². The van der Waals surface area contributed by atoms with Crippen LogP contribution in [0.2, 0.25) is 0 Å². The van der Waals surface area contributed by atoms with E-state index in [4.69, 9.17) is 23.4 Å². The smallest absolute Gasteiger partial charge is 0.330 e. The highest BCUT2D eigenvalue weighted by molar-refractivity contribution is 5.88. The number of esters is 2. The van der Waals surface area contributed by atoms with Gasteiger partial charge in [0.15, 0.2) is 11.9 Å². The topological polar surface area (TPSA) is 223 Å². The third-order valence-corrected chi connectivity index (χ3v) is 6.92. The molecular formula is C32H28O14. The molecule has 5 rings (SSSR count). The molecule has 3 aromatic carbocycles. The minimum Gasteiger partial charge on any atom is -0.508 e. The first-order chi connectivity index (χ1) is 21.9. The molecule has 0 amide bonds. The number of carbonyl (C=O) groups excluding carboxylic acids is 2. The summed E-state index contributed by atoms with van der Waals surface area (Å²) in [5.74, 6) is -3.64. The maximum Gasteiger partial charge on any atom is 0.330 e. The lowest BCUT2D eigenvalue weighted by Gasteiger charge is -2.41. The summed E-state index contributed by atoms with van der Waals surface area (Å²) in [7, 11) is 0. The number of aliphatic hydroxyl groups excluding tert-OH is 2. The van der Waals surface area contributed by atoms with Crippen LogP contribution in [0.4, 0.5) is 0 Å². The molecule has 2 unspecified atom stereocenters. The molecule has 6 N–H and O–H groups in total. The average molecular weight is 637 g/mol. The molecule has 0 saturated carbocycles. The summed E-state index contributed by atoms with van der Waals surface area (Å²) < 4.78 is 27.8. The number of phenolic OH excluding ortho intramolecular Hbond substituents is 4. The van der Waals surface area contributed by atoms with Crippen LogP contribution in [-0.2, 0) is 23.8 Å². The molecular weight excluding hydrogens is 608 g/mol. The highest BCUT2D eigenvalue weighted by atomic mass is 16.7. The van der Waals surface area contributed by atoms with Crippen molar-refractivity contribution in [2.45, 2.75) is 37.6 Å². The second-order valence-electron chi connectivity index (χ2n) is 10.2. The summed E-state index contributed by atoms with van der Waals surface area (Å²) >= 11 is 0. The van der Waals surface area contributed by atoms with Gasteiger partial charge in [-0.3, -0.25) is 9.59 Å². The number of hydrogen-bond acceptors (Lipinski definition) is 14. The lowest BCUT2D eigenvalue weighted by Crippen LogP contribution is -2.61. The van der Waals surface area contributed by atoms with Crippen LogP contribution in [0.5, 0.6) is 28.7 Å². The molecule has 0 spiro atoms. The molecule has 1 aliphatic rings. The van der Waals surface area contributed by atoms with Gasteiger partial charge in [0.05, 0.1) is 0 Å². The van der Waals surface area contributed by atoms with Gasteiger partial charge in [-0.15, -0.1) is 0 Å². The van der Waals surface area contributed by atoms with E-state index in [0.717, 1.165) is 25.1 Å². The van der Waals surface area contributed by atoms with E-state index < -0.39 is 71.9 Å². The van der Waals surface area contributed by atoms with Gasteiger partial charge in [0.1, 0.15) is 58.9 Å². The zero-order valence-corrected chi connectivity index (χ0v) is 24.0. The second-order valence-corrected chi connectivity index (χ2v) is 10.2. The van der Waals surface area contributed by atoms with Gasteiger partial charge in [0, 0.05) is 30.7 Å². The molecule has 46 heavy (non-hydrogen) atoms. The highest BCUT2D eigenvalue weighted by Gasteiger charge is 2.48. The third-order valence-electron chi connectivity index (χ3n) is 6.92. The Hall–Kier alpha value is -5.57. The van der Waals surface area contributed by atoms with Crippen LogP contribution in [0.15, 0.2) is 76.0 Å². The Kier molecular flexibility index (Phi) is 9.13. The predicted molar refractivity (Wildman–Crippen MR) is 158 cm³/mol. The molecule has 2 heterocycles. The third kappa shape index (κ3) is 6.89. The molecule has 1 fully saturated rings. The summed E-state index contributed by atoms with van der Waals surface area (Å²) in [6.07, 6.45) is -6.06. The van der Waals surface area contributed by atoms with Crippen LogP contribution >= 0.6 is 0 Å². The molecule has 0 aliphatic carbocycles. The zero-order valence-electron chi connectivity index (χ0n) is 24.0. The summed E-state index contributed by atoms with van der Waals surface area (Å²) in [5.41, 5.74) is -0.391. The van der Waals surface area contributed by atoms with Crippen molar-refractivity contribution in [1.82, 2.24) is 0 Å². The molecule has 1 saturated heterocycles. The van der Waals surface area contributed by atoms with Crippen molar-refractivity contribution in [2.75, 3.05) is 6.61 Å². The number of hydrogen-bond donors (Lipinski definition) is 6. The minimum atomic E-state index is -1.93. The Morgan fingerprint density at radius 1 is 0.891 bits per heavy atom. The van der Waals surface area contributed by atoms with Crippen LogP contribution in [0.1, 0.15) is 12.5 Å². The molecule has 0 radical (unpaired) electrons. The van der Waals surface area contributed by atoms with E-state index in [0.29, 0.717) is 5.56 Å². The van der Waals surface area contributed by atoms with Gasteiger partial charge >= 0.3 is 11.9 Å². The van der Waals surface area contributed by atoms with Gasteiger partial charge in [-0.1, -0.05) is 12.1 Å². The Bertz CT molecular complexity index is 1830. The maximum absolute atomic E-state index is 13.7. The standard InChI is InChI=1S/C32H28O14/c1-15(33)43-30-23(14-42-24(38)11-4-16-2-7-18(34)8-3-16)45-32(28(41)27(30)40)46-31-26(39)25-21(37)12-20(36)13-22(25)44-29(31)17-5-9-19(35)10-6-17/h2-13,23,27-28,30,32,34-37,40-41H,14H2,1H3/b11-4+/t23-,27?,28?,30-,32+/m1/s1. The fraction of sp³-hybridized carbons (Fsp3) is 0.219. The Balaban J connectivity index is 1.46. The average Bonchev–Trinajstić information content (AvgIpc) is 3.00. The molecule has 5 atom stereocenters. The lowest BCUT2D eigenvalue weighted by molar-refractivity contribution is -0.282. The molecule has 240 valence electrons. The van der Waals surface area contributed by atoms with E-state index in [1.165, 1.54) is 42.5 Å². The van der Waals surface area contributed by atoms with Crippen LogP contribution in [-0.4, -0.2) is 79.9 Å². The summed E-state index contributed by atoms with van der Waals surface area (Å²) in [5, 5.41) is 61.0. The van der Waals surface area contributed by atoms with Crippen molar-refractivity contribution < 1.29 is 63.6 Å². The maximum atomic E-state index is 13.7. The van der Waals surface area contributed by atoms with Crippen molar-refractivity contribution in [3.8, 4) is 40.1 Å². The number of carbonyl (C=O) groups is 2. The van der Waals surface area contributed by atoms with Crippen molar-refractivity contribution in [1.29, 1.82) is 0 Å². The van der Waals surface area contributed by atoms with Gasteiger partial charge < -0.3 is 54.0 Å². The van der Waals surface area contributed by atoms with E-state index in [2.05, 4.69) is 0 Å². The Labute approximate surface area is 259 Å².